The van der Waals surface area contributed by atoms with Crippen molar-refractivity contribution in [3.8, 4) is 0 Å². The van der Waals surface area contributed by atoms with E-state index in [-0.39, 0.29) is 11.7 Å². The van der Waals surface area contributed by atoms with Crippen LogP contribution in [0.5, 0.6) is 0 Å². The van der Waals surface area contributed by atoms with Crippen LogP contribution >= 0.6 is 0 Å². The largest absolute Gasteiger partial charge is 0.378 e. The van der Waals surface area contributed by atoms with Gasteiger partial charge in [0.1, 0.15) is 0 Å². The minimum Gasteiger partial charge on any atom is -0.378 e. The smallest absolute Gasteiger partial charge is 0.193 e. The van der Waals surface area contributed by atoms with Crippen molar-refractivity contribution in [2.75, 3.05) is 19.0 Å². The van der Waals surface area contributed by atoms with Crippen LogP contribution in [-0.4, -0.2) is 19.9 Å². The zero-order chi connectivity index (χ0) is 17.8. The molecule has 0 spiro atoms. The SMILES string of the molecule is CC(c1ccc(C(=O)c2ccccc2)cc1)c1ccc(N(C)C)cc1. The first-order chi connectivity index (χ1) is 12.1. The first-order valence-corrected chi connectivity index (χ1v) is 8.53. The van der Waals surface area contributed by atoms with Crippen LogP contribution in [0, 0.1) is 0 Å². The van der Waals surface area contributed by atoms with Gasteiger partial charge in [0.05, 0.1) is 0 Å². The van der Waals surface area contributed by atoms with E-state index in [1.165, 1.54) is 16.8 Å². The minimum atomic E-state index is 0.0649. The lowest BCUT2D eigenvalue weighted by atomic mass is 9.91. The molecule has 1 atom stereocenters. The average Bonchev–Trinajstić information content (AvgIpc) is 2.67. The number of hydrogen-bond acceptors (Lipinski definition) is 2. The van der Waals surface area contributed by atoms with E-state index in [9.17, 15) is 4.79 Å². The normalized spacial score (nSPS) is 11.8. The van der Waals surface area contributed by atoms with Gasteiger partial charge in [-0.15, -0.1) is 0 Å². The highest BCUT2D eigenvalue weighted by Gasteiger charge is 2.12. The predicted molar refractivity (Wildman–Crippen MR) is 105 cm³/mol. The van der Waals surface area contributed by atoms with Crippen molar-refractivity contribution in [2.45, 2.75) is 12.8 Å². The lowest BCUT2D eigenvalue weighted by Crippen LogP contribution is -2.08. The van der Waals surface area contributed by atoms with Gasteiger partial charge in [-0.05, 0) is 23.3 Å². The summed E-state index contributed by atoms with van der Waals surface area (Å²) < 4.78 is 0. The fourth-order valence-electron chi connectivity index (χ4n) is 2.93. The molecule has 0 saturated heterocycles. The molecule has 0 bridgehead atoms. The van der Waals surface area contributed by atoms with Crippen molar-refractivity contribution in [3.63, 3.8) is 0 Å². The number of hydrogen-bond donors (Lipinski definition) is 0. The molecule has 3 rings (SSSR count). The van der Waals surface area contributed by atoms with Crippen molar-refractivity contribution in [3.05, 3.63) is 101 Å². The molecule has 1 unspecified atom stereocenters. The van der Waals surface area contributed by atoms with E-state index in [0.29, 0.717) is 0 Å². The molecule has 0 radical (unpaired) electrons. The van der Waals surface area contributed by atoms with Crippen molar-refractivity contribution in [2.24, 2.45) is 0 Å². The summed E-state index contributed by atoms with van der Waals surface area (Å²) in [4.78, 5) is 14.6. The molecular weight excluding hydrogens is 306 g/mol. The summed E-state index contributed by atoms with van der Waals surface area (Å²) in [6.45, 7) is 2.19. The molecule has 0 saturated carbocycles. The Bertz CT molecular complexity index is 834. The van der Waals surface area contributed by atoms with Crippen molar-refractivity contribution in [1.82, 2.24) is 0 Å². The summed E-state index contributed by atoms with van der Waals surface area (Å²) in [5.41, 5.74) is 5.13. The minimum absolute atomic E-state index is 0.0649. The van der Waals surface area contributed by atoms with E-state index in [4.69, 9.17) is 0 Å². The molecule has 25 heavy (non-hydrogen) atoms. The van der Waals surface area contributed by atoms with Crippen LogP contribution in [-0.2, 0) is 0 Å². The van der Waals surface area contributed by atoms with E-state index in [2.05, 4.69) is 48.2 Å². The summed E-state index contributed by atoms with van der Waals surface area (Å²) in [6, 6.07) is 26.0. The van der Waals surface area contributed by atoms with Crippen LogP contribution in [0.4, 0.5) is 5.69 Å². The van der Waals surface area contributed by atoms with Gasteiger partial charge >= 0.3 is 0 Å². The monoisotopic (exact) mass is 329 g/mol. The summed E-state index contributed by atoms with van der Waals surface area (Å²) in [7, 11) is 4.09. The Labute approximate surface area is 149 Å². The number of benzene rings is 3. The zero-order valence-corrected chi connectivity index (χ0v) is 14.9. The lowest BCUT2D eigenvalue weighted by molar-refractivity contribution is 0.103. The third kappa shape index (κ3) is 3.80. The van der Waals surface area contributed by atoms with Crippen molar-refractivity contribution >= 4 is 11.5 Å². The van der Waals surface area contributed by atoms with Gasteiger partial charge in [0, 0.05) is 36.8 Å². The highest BCUT2D eigenvalue weighted by atomic mass is 16.1. The zero-order valence-electron chi connectivity index (χ0n) is 14.9. The molecule has 0 aliphatic rings. The van der Waals surface area contributed by atoms with E-state index >= 15 is 0 Å². The molecule has 0 amide bonds. The molecule has 0 fully saturated rings. The third-order valence-electron chi connectivity index (χ3n) is 4.62. The Kier molecular flexibility index (Phi) is 4.99. The van der Waals surface area contributed by atoms with E-state index in [0.717, 1.165) is 11.1 Å². The third-order valence-corrected chi connectivity index (χ3v) is 4.62. The van der Waals surface area contributed by atoms with Crippen molar-refractivity contribution < 1.29 is 4.79 Å². The molecule has 126 valence electrons. The number of carbonyl (C=O) groups excluding carboxylic acids is 1. The Morgan fingerprint density at radius 1 is 0.720 bits per heavy atom. The van der Waals surface area contributed by atoms with Gasteiger partial charge < -0.3 is 4.90 Å². The fraction of sp³-hybridized carbons (Fsp3) is 0.174. The standard InChI is InChI=1S/C23H23NO/c1-17(19-13-15-22(16-14-19)24(2)3)18-9-11-21(12-10-18)23(25)20-7-5-4-6-8-20/h4-17H,1-3H3. The molecule has 2 heteroatoms. The van der Waals surface area contributed by atoms with Gasteiger partial charge in [-0.2, -0.15) is 0 Å². The number of ketones is 1. The summed E-state index contributed by atoms with van der Waals surface area (Å²) in [5.74, 6) is 0.354. The van der Waals surface area contributed by atoms with Gasteiger partial charge in [0.25, 0.3) is 0 Å². The number of rotatable bonds is 5. The summed E-state index contributed by atoms with van der Waals surface area (Å²) >= 11 is 0. The van der Waals surface area contributed by atoms with Crippen LogP contribution in [0.25, 0.3) is 0 Å². The highest BCUT2D eigenvalue weighted by Crippen LogP contribution is 2.26. The molecule has 3 aromatic carbocycles. The average molecular weight is 329 g/mol. The Morgan fingerprint density at radius 3 is 1.72 bits per heavy atom. The molecule has 0 N–H and O–H groups in total. The molecule has 2 nitrogen and oxygen atoms in total. The maximum atomic E-state index is 12.5. The number of anilines is 1. The second-order valence-corrected chi connectivity index (χ2v) is 6.52. The lowest BCUT2D eigenvalue weighted by Gasteiger charge is -2.16. The van der Waals surface area contributed by atoms with Gasteiger partial charge in [0.15, 0.2) is 5.78 Å². The molecule has 0 aromatic heterocycles. The number of carbonyl (C=O) groups is 1. The maximum Gasteiger partial charge on any atom is 0.193 e. The predicted octanol–water partition coefficient (Wildman–Crippen LogP) is 5.14. The van der Waals surface area contributed by atoms with Crippen molar-refractivity contribution in [1.29, 1.82) is 0 Å². The Morgan fingerprint density at radius 2 is 1.20 bits per heavy atom. The van der Waals surface area contributed by atoms with Gasteiger partial charge in [-0.1, -0.05) is 73.7 Å². The van der Waals surface area contributed by atoms with Crippen LogP contribution in [0.2, 0.25) is 0 Å². The highest BCUT2D eigenvalue weighted by molar-refractivity contribution is 6.08. The Balaban J connectivity index is 1.78. The van der Waals surface area contributed by atoms with Crippen LogP contribution < -0.4 is 4.90 Å². The Hall–Kier alpha value is -2.87. The van der Waals surface area contributed by atoms with Gasteiger partial charge in [-0.3, -0.25) is 4.79 Å². The summed E-state index contributed by atoms with van der Waals surface area (Å²) in [5, 5.41) is 0. The second-order valence-electron chi connectivity index (χ2n) is 6.52. The fourth-order valence-corrected chi connectivity index (χ4v) is 2.93. The molecule has 0 aliphatic carbocycles. The summed E-state index contributed by atoms with van der Waals surface area (Å²) in [6.07, 6.45) is 0. The van der Waals surface area contributed by atoms with Gasteiger partial charge in [-0.25, -0.2) is 0 Å². The molecule has 3 aromatic rings. The van der Waals surface area contributed by atoms with Crippen LogP contribution in [0.3, 0.4) is 0 Å². The first kappa shape index (κ1) is 17.0. The van der Waals surface area contributed by atoms with Gasteiger partial charge in [0.2, 0.25) is 0 Å². The van der Waals surface area contributed by atoms with Crippen LogP contribution in [0.15, 0.2) is 78.9 Å². The number of nitrogens with zero attached hydrogens (tertiary/aromatic N) is 1. The topological polar surface area (TPSA) is 20.3 Å². The van der Waals surface area contributed by atoms with E-state index in [1.54, 1.807) is 0 Å². The second kappa shape index (κ2) is 7.35. The maximum absolute atomic E-state index is 12.5. The molecule has 0 aliphatic heterocycles. The van der Waals surface area contributed by atoms with E-state index < -0.39 is 0 Å². The quantitative estimate of drug-likeness (QED) is 0.604. The molecule has 0 heterocycles. The van der Waals surface area contributed by atoms with Crippen LogP contribution in [0.1, 0.15) is 39.9 Å². The first-order valence-electron chi connectivity index (χ1n) is 8.53. The van der Waals surface area contributed by atoms with E-state index in [1.807, 2.05) is 56.6 Å². The molecular formula is C23H23NO.